The lowest BCUT2D eigenvalue weighted by Gasteiger charge is -2.11. The molecule has 6 heteroatoms. The summed E-state index contributed by atoms with van der Waals surface area (Å²) >= 11 is 0. The fourth-order valence-electron chi connectivity index (χ4n) is 2.10. The fraction of sp³-hybridized carbons (Fsp3) is 0.636. The lowest BCUT2D eigenvalue weighted by molar-refractivity contribution is 0.591. The Morgan fingerprint density at radius 2 is 2.00 bits per heavy atom. The molecule has 1 aliphatic heterocycles. The number of hydrogen-bond donors (Lipinski definition) is 1. The predicted octanol–water partition coefficient (Wildman–Crippen LogP) is 1.08. The zero-order chi connectivity index (χ0) is 12.5. The smallest absolute Gasteiger partial charge is 0.223 e. The summed E-state index contributed by atoms with van der Waals surface area (Å²) in [4.78, 5) is 8.45. The summed E-state index contributed by atoms with van der Waals surface area (Å²) in [5.41, 5.74) is 1.77. The zero-order valence-electron chi connectivity index (χ0n) is 10.1. The van der Waals surface area contributed by atoms with E-state index in [1.54, 1.807) is 0 Å². The van der Waals surface area contributed by atoms with Gasteiger partial charge in [-0.1, -0.05) is 0 Å². The molecular formula is C11H17N3O2S. The molecule has 0 aromatic carbocycles. The van der Waals surface area contributed by atoms with Gasteiger partial charge in [0.25, 0.3) is 0 Å². The third kappa shape index (κ3) is 2.94. The second-order valence-corrected chi connectivity index (χ2v) is 6.89. The Bertz CT molecular complexity index is 493. The van der Waals surface area contributed by atoms with E-state index in [4.69, 9.17) is 0 Å². The third-order valence-corrected chi connectivity index (χ3v) is 5.21. The van der Waals surface area contributed by atoms with E-state index >= 15 is 0 Å². The van der Waals surface area contributed by atoms with Crippen molar-refractivity contribution >= 4 is 15.8 Å². The van der Waals surface area contributed by atoms with Gasteiger partial charge in [-0.25, -0.2) is 18.4 Å². The van der Waals surface area contributed by atoms with Crippen LogP contribution in [0.3, 0.4) is 0 Å². The maximum absolute atomic E-state index is 11.6. The molecule has 1 aromatic heterocycles. The van der Waals surface area contributed by atoms with Gasteiger partial charge in [-0.05, 0) is 32.8 Å². The first kappa shape index (κ1) is 12.3. The van der Waals surface area contributed by atoms with E-state index in [-0.39, 0.29) is 5.25 Å². The SMILES string of the molecule is Cc1cc(C)nc(NCC2CCCS2(=O)=O)n1. The van der Waals surface area contributed by atoms with Gasteiger partial charge in [-0.15, -0.1) is 0 Å². The van der Waals surface area contributed by atoms with E-state index in [0.29, 0.717) is 18.2 Å². The molecule has 1 aromatic rings. The van der Waals surface area contributed by atoms with E-state index < -0.39 is 9.84 Å². The van der Waals surface area contributed by atoms with Crippen LogP contribution in [0.5, 0.6) is 0 Å². The minimum atomic E-state index is -2.90. The van der Waals surface area contributed by atoms with Crippen LogP contribution in [0.15, 0.2) is 6.07 Å². The normalized spacial score (nSPS) is 22.6. The summed E-state index contributed by atoms with van der Waals surface area (Å²) in [7, 11) is -2.90. The Balaban J connectivity index is 2.03. The van der Waals surface area contributed by atoms with Crippen molar-refractivity contribution in [3.8, 4) is 0 Å². The van der Waals surface area contributed by atoms with E-state index in [1.165, 1.54) is 0 Å². The minimum Gasteiger partial charge on any atom is -0.353 e. The second kappa shape index (κ2) is 4.60. The van der Waals surface area contributed by atoms with Gasteiger partial charge in [0.15, 0.2) is 9.84 Å². The molecule has 5 nitrogen and oxygen atoms in total. The molecule has 0 aliphatic carbocycles. The van der Waals surface area contributed by atoms with Crippen LogP contribution >= 0.6 is 0 Å². The van der Waals surface area contributed by atoms with Gasteiger partial charge in [-0.3, -0.25) is 0 Å². The van der Waals surface area contributed by atoms with Crippen molar-refractivity contribution in [2.45, 2.75) is 31.9 Å². The zero-order valence-corrected chi connectivity index (χ0v) is 10.9. The lowest BCUT2D eigenvalue weighted by Crippen LogP contribution is -2.25. The number of nitrogens with zero attached hydrogens (tertiary/aromatic N) is 2. The number of nitrogens with one attached hydrogen (secondary N) is 1. The molecule has 0 bridgehead atoms. The Morgan fingerprint density at radius 1 is 1.35 bits per heavy atom. The average molecular weight is 255 g/mol. The Hall–Kier alpha value is -1.17. The van der Waals surface area contributed by atoms with E-state index in [2.05, 4.69) is 15.3 Å². The molecule has 1 unspecified atom stereocenters. The topological polar surface area (TPSA) is 72.0 Å². The molecular weight excluding hydrogens is 238 g/mol. The summed E-state index contributed by atoms with van der Waals surface area (Å²) in [5, 5.41) is 2.74. The molecule has 2 heterocycles. The summed E-state index contributed by atoms with van der Waals surface area (Å²) < 4.78 is 23.3. The van der Waals surface area contributed by atoms with Gasteiger partial charge in [0, 0.05) is 17.9 Å². The highest BCUT2D eigenvalue weighted by molar-refractivity contribution is 7.92. The highest BCUT2D eigenvalue weighted by atomic mass is 32.2. The van der Waals surface area contributed by atoms with Crippen molar-refractivity contribution in [3.63, 3.8) is 0 Å². The molecule has 1 N–H and O–H groups in total. The number of rotatable bonds is 3. The van der Waals surface area contributed by atoms with E-state index in [0.717, 1.165) is 24.2 Å². The molecule has 0 saturated carbocycles. The predicted molar refractivity (Wildman–Crippen MR) is 66.8 cm³/mol. The van der Waals surface area contributed by atoms with Gasteiger partial charge in [0.05, 0.1) is 11.0 Å². The molecule has 17 heavy (non-hydrogen) atoms. The molecule has 2 rings (SSSR count). The maximum Gasteiger partial charge on any atom is 0.223 e. The van der Waals surface area contributed by atoms with Crippen molar-refractivity contribution in [2.75, 3.05) is 17.6 Å². The van der Waals surface area contributed by atoms with Crippen molar-refractivity contribution in [1.82, 2.24) is 9.97 Å². The van der Waals surface area contributed by atoms with Gasteiger partial charge >= 0.3 is 0 Å². The highest BCUT2D eigenvalue weighted by Gasteiger charge is 2.30. The summed E-state index contributed by atoms with van der Waals surface area (Å²) in [5.74, 6) is 0.831. The maximum atomic E-state index is 11.6. The van der Waals surface area contributed by atoms with Crippen LogP contribution in [0.2, 0.25) is 0 Å². The number of aryl methyl sites for hydroxylation is 2. The average Bonchev–Trinajstić information content (AvgIpc) is 2.53. The molecule has 1 aliphatic rings. The van der Waals surface area contributed by atoms with Crippen molar-refractivity contribution < 1.29 is 8.42 Å². The molecule has 94 valence electrons. The van der Waals surface area contributed by atoms with Crippen molar-refractivity contribution in [1.29, 1.82) is 0 Å². The summed E-state index contributed by atoms with van der Waals surface area (Å²) in [6.07, 6.45) is 1.50. The lowest BCUT2D eigenvalue weighted by atomic mass is 10.2. The standard InChI is InChI=1S/C11H17N3O2S/c1-8-6-9(2)14-11(13-8)12-7-10-4-3-5-17(10,15)16/h6,10H,3-5,7H2,1-2H3,(H,12,13,14). The largest absolute Gasteiger partial charge is 0.353 e. The number of hydrogen-bond acceptors (Lipinski definition) is 5. The van der Waals surface area contributed by atoms with Crippen LogP contribution in [0.4, 0.5) is 5.95 Å². The molecule has 1 atom stereocenters. The fourth-order valence-corrected chi connectivity index (χ4v) is 3.86. The Morgan fingerprint density at radius 3 is 2.53 bits per heavy atom. The molecule has 0 radical (unpaired) electrons. The first-order chi connectivity index (χ1) is 7.97. The molecule has 0 amide bonds. The van der Waals surface area contributed by atoms with Crippen LogP contribution in [0, 0.1) is 13.8 Å². The van der Waals surface area contributed by atoms with E-state index in [9.17, 15) is 8.42 Å². The molecule has 1 saturated heterocycles. The van der Waals surface area contributed by atoms with Crippen LogP contribution < -0.4 is 5.32 Å². The number of sulfone groups is 1. The Kier molecular flexibility index (Phi) is 3.33. The van der Waals surface area contributed by atoms with Gasteiger partial charge in [-0.2, -0.15) is 0 Å². The molecule has 1 fully saturated rings. The van der Waals surface area contributed by atoms with Gasteiger partial charge < -0.3 is 5.32 Å². The van der Waals surface area contributed by atoms with Crippen molar-refractivity contribution in [3.05, 3.63) is 17.5 Å². The third-order valence-electron chi connectivity index (χ3n) is 2.93. The highest BCUT2D eigenvalue weighted by Crippen LogP contribution is 2.20. The van der Waals surface area contributed by atoms with Gasteiger partial charge in [0.1, 0.15) is 0 Å². The van der Waals surface area contributed by atoms with Crippen LogP contribution in [-0.4, -0.2) is 35.9 Å². The Labute approximate surface area is 102 Å². The number of aromatic nitrogens is 2. The summed E-state index contributed by atoms with van der Waals surface area (Å²) in [6.45, 7) is 4.20. The summed E-state index contributed by atoms with van der Waals surface area (Å²) in [6, 6.07) is 1.89. The molecule has 0 spiro atoms. The van der Waals surface area contributed by atoms with Crippen LogP contribution in [-0.2, 0) is 9.84 Å². The van der Waals surface area contributed by atoms with Crippen LogP contribution in [0.1, 0.15) is 24.2 Å². The quantitative estimate of drug-likeness (QED) is 0.875. The van der Waals surface area contributed by atoms with Crippen LogP contribution in [0.25, 0.3) is 0 Å². The first-order valence-corrected chi connectivity index (χ1v) is 7.46. The monoisotopic (exact) mass is 255 g/mol. The van der Waals surface area contributed by atoms with Crippen molar-refractivity contribution in [2.24, 2.45) is 0 Å². The number of anilines is 1. The first-order valence-electron chi connectivity index (χ1n) is 5.75. The second-order valence-electron chi connectivity index (χ2n) is 4.49. The van der Waals surface area contributed by atoms with E-state index in [1.807, 2.05) is 19.9 Å². The van der Waals surface area contributed by atoms with Gasteiger partial charge in [0.2, 0.25) is 5.95 Å². The minimum absolute atomic E-state index is 0.285.